The van der Waals surface area contributed by atoms with Gasteiger partial charge in [0.2, 0.25) is 0 Å². The van der Waals surface area contributed by atoms with Crippen LogP contribution in [0.15, 0.2) is 16.9 Å². The Morgan fingerprint density at radius 1 is 1.71 bits per heavy atom. The maximum atomic E-state index is 11.3. The average molecular weight is 261 g/mol. The van der Waals surface area contributed by atoms with E-state index in [2.05, 4.69) is 21.0 Å². The van der Waals surface area contributed by atoms with Gasteiger partial charge in [0.05, 0.1) is 0 Å². The fraction of sp³-hybridized carbons (Fsp3) is 0.286. The fourth-order valence-electron chi connectivity index (χ4n) is 0.877. The van der Waals surface area contributed by atoms with Crippen molar-refractivity contribution >= 4 is 27.9 Å². The first-order valence-corrected chi connectivity index (χ1v) is 4.61. The molecule has 7 heteroatoms. The summed E-state index contributed by atoms with van der Waals surface area (Å²) < 4.78 is 2.04. The zero-order chi connectivity index (χ0) is 10.7. The molecule has 1 atom stereocenters. The van der Waals surface area contributed by atoms with E-state index in [1.54, 1.807) is 19.2 Å². The van der Waals surface area contributed by atoms with Crippen LogP contribution in [0, 0.1) is 0 Å². The predicted octanol–water partition coefficient (Wildman–Crippen LogP) is 0.402. The molecule has 0 aromatic carbocycles. The molecule has 1 rings (SSSR count). The van der Waals surface area contributed by atoms with Crippen LogP contribution in [0.3, 0.4) is 0 Å². The molecule has 76 valence electrons. The molecule has 14 heavy (non-hydrogen) atoms. The normalized spacial score (nSPS) is 12.1. The number of hydrogen-bond donors (Lipinski definition) is 2. The molecule has 0 saturated carbocycles. The highest BCUT2D eigenvalue weighted by atomic mass is 79.9. The minimum atomic E-state index is -0.868. The number of primary amides is 1. The van der Waals surface area contributed by atoms with Crippen molar-refractivity contribution in [3.63, 3.8) is 0 Å². The van der Waals surface area contributed by atoms with E-state index in [0.717, 1.165) is 0 Å². The molecule has 0 saturated heterocycles. The summed E-state index contributed by atoms with van der Waals surface area (Å²) in [6.45, 7) is 1.61. The summed E-state index contributed by atoms with van der Waals surface area (Å²) in [7, 11) is 0. The lowest BCUT2D eigenvalue weighted by molar-refractivity contribution is -0.122. The molecule has 0 aliphatic carbocycles. The van der Waals surface area contributed by atoms with Gasteiger partial charge in [-0.15, -0.1) is 0 Å². The molecule has 1 unspecified atom stereocenters. The summed E-state index contributed by atoms with van der Waals surface area (Å²) in [5.74, 6) is -0.492. The lowest BCUT2D eigenvalue weighted by atomic mass is 10.3. The van der Waals surface area contributed by atoms with Gasteiger partial charge in [-0.05, 0) is 28.9 Å². The van der Waals surface area contributed by atoms with Crippen LogP contribution in [0.2, 0.25) is 0 Å². The number of carbonyl (C=O) groups is 2. The molecule has 6 nitrogen and oxygen atoms in total. The van der Waals surface area contributed by atoms with Gasteiger partial charge in [0.15, 0.2) is 0 Å². The third-order valence-corrected chi connectivity index (χ3v) is 2.02. The van der Waals surface area contributed by atoms with Crippen molar-refractivity contribution in [1.82, 2.24) is 15.1 Å². The van der Waals surface area contributed by atoms with Gasteiger partial charge >= 0.3 is 6.03 Å². The second-order valence-corrected chi connectivity index (χ2v) is 3.46. The van der Waals surface area contributed by atoms with E-state index in [1.165, 1.54) is 4.68 Å². The number of nitrogens with two attached hydrogens (primary N) is 1. The fourth-order valence-corrected chi connectivity index (χ4v) is 1.18. The van der Waals surface area contributed by atoms with Crippen LogP contribution in [0.1, 0.15) is 13.0 Å². The van der Waals surface area contributed by atoms with Gasteiger partial charge in [-0.1, -0.05) is 0 Å². The van der Waals surface area contributed by atoms with E-state index in [1.807, 2.05) is 5.32 Å². The largest absolute Gasteiger partial charge is 0.351 e. The van der Waals surface area contributed by atoms with Crippen LogP contribution in [0.4, 0.5) is 4.79 Å². The summed E-state index contributed by atoms with van der Waals surface area (Å²) in [5.41, 5.74) is 4.80. The van der Waals surface area contributed by atoms with Crippen molar-refractivity contribution in [2.45, 2.75) is 13.0 Å². The lowest BCUT2D eigenvalue weighted by Gasteiger charge is -2.09. The zero-order valence-electron chi connectivity index (χ0n) is 7.40. The number of aromatic nitrogens is 2. The number of hydrogen-bond acceptors (Lipinski definition) is 3. The SMILES string of the molecule is CC(C(=O)NC(N)=O)n1ccc(Br)n1. The first-order valence-electron chi connectivity index (χ1n) is 3.81. The number of nitrogens with one attached hydrogen (secondary N) is 1. The molecule has 1 heterocycles. The van der Waals surface area contributed by atoms with Crippen LogP contribution >= 0.6 is 15.9 Å². The molecule has 3 amide bonds. The predicted molar refractivity (Wildman–Crippen MR) is 52.4 cm³/mol. The summed E-state index contributed by atoms with van der Waals surface area (Å²) in [6, 6.07) is 0.246. The Kier molecular flexibility index (Phi) is 3.23. The number of amides is 3. The molecular formula is C7H9BrN4O2. The van der Waals surface area contributed by atoms with E-state index in [9.17, 15) is 9.59 Å². The van der Waals surface area contributed by atoms with E-state index in [0.29, 0.717) is 4.60 Å². The van der Waals surface area contributed by atoms with E-state index in [4.69, 9.17) is 5.73 Å². The number of imide groups is 1. The van der Waals surface area contributed by atoms with Crippen molar-refractivity contribution in [2.75, 3.05) is 0 Å². The van der Waals surface area contributed by atoms with Gasteiger partial charge in [0, 0.05) is 6.20 Å². The maximum absolute atomic E-state index is 11.3. The third-order valence-electron chi connectivity index (χ3n) is 1.60. The Balaban J connectivity index is 2.70. The monoisotopic (exact) mass is 260 g/mol. The van der Waals surface area contributed by atoms with E-state index >= 15 is 0 Å². The van der Waals surface area contributed by atoms with Gasteiger partial charge in [0.25, 0.3) is 5.91 Å². The Labute approximate surface area is 88.6 Å². The molecule has 0 radical (unpaired) electrons. The van der Waals surface area contributed by atoms with Gasteiger partial charge < -0.3 is 5.73 Å². The zero-order valence-corrected chi connectivity index (χ0v) is 8.98. The van der Waals surface area contributed by atoms with Crippen molar-refractivity contribution in [3.8, 4) is 0 Å². The van der Waals surface area contributed by atoms with Gasteiger partial charge in [-0.2, -0.15) is 5.10 Å². The second-order valence-electron chi connectivity index (χ2n) is 2.65. The van der Waals surface area contributed by atoms with Crippen LogP contribution in [-0.2, 0) is 4.79 Å². The number of halogens is 1. The van der Waals surface area contributed by atoms with Crippen LogP contribution < -0.4 is 11.1 Å². The molecule has 0 fully saturated rings. The van der Waals surface area contributed by atoms with E-state index < -0.39 is 18.0 Å². The smallest absolute Gasteiger partial charge is 0.318 e. The first-order chi connectivity index (χ1) is 6.50. The highest BCUT2D eigenvalue weighted by molar-refractivity contribution is 9.10. The Bertz CT molecular complexity index is 362. The van der Waals surface area contributed by atoms with Crippen molar-refractivity contribution in [1.29, 1.82) is 0 Å². The maximum Gasteiger partial charge on any atom is 0.318 e. The Hall–Kier alpha value is -1.37. The van der Waals surface area contributed by atoms with Gasteiger partial charge in [-0.3, -0.25) is 14.8 Å². The van der Waals surface area contributed by atoms with Crippen LogP contribution in [0.5, 0.6) is 0 Å². The topological polar surface area (TPSA) is 90.0 Å². The molecular weight excluding hydrogens is 252 g/mol. The molecule has 0 aliphatic heterocycles. The second kappa shape index (κ2) is 4.23. The summed E-state index contributed by atoms with van der Waals surface area (Å²) in [4.78, 5) is 21.7. The number of carbonyl (C=O) groups excluding carboxylic acids is 2. The molecule has 0 spiro atoms. The first kappa shape index (κ1) is 10.7. The highest BCUT2D eigenvalue weighted by Crippen LogP contribution is 2.09. The van der Waals surface area contributed by atoms with Gasteiger partial charge in [-0.25, -0.2) is 4.79 Å². The summed E-state index contributed by atoms with van der Waals surface area (Å²) >= 11 is 3.15. The quantitative estimate of drug-likeness (QED) is 0.807. The van der Waals surface area contributed by atoms with Crippen molar-refractivity contribution in [2.24, 2.45) is 5.73 Å². The summed E-state index contributed by atoms with van der Waals surface area (Å²) in [5, 5.41) is 5.93. The van der Waals surface area contributed by atoms with Gasteiger partial charge in [0.1, 0.15) is 10.6 Å². The molecule has 3 N–H and O–H groups in total. The van der Waals surface area contributed by atoms with E-state index in [-0.39, 0.29) is 0 Å². The molecule has 1 aromatic rings. The summed E-state index contributed by atoms with van der Waals surface area (Å²) in [6.07, 6.45) is 1.62. The van der Waals surface area contributed by atoms with Crippen LogP contribution in [0.25, 0.3) is 0 Å². The minimum absolute atomic E-state index is 0.492. The minimum Gasteiger partial charge on any atom is -0.351 e. The van der Waals surface area contributed by atoms with Crippen molar-refractivity contribution < 1.29 is 9.59 Å². The highest BCUT2D eigenvalue weighted by Gasteiger charge is 2.16. The number of nitrogens with zero attached hydrogens (tertiary/aromatic N) is 2. The molecule has 0 aliphatic rings. The molecule has 1 aromatic heterocycles. The van der Waals surface area contributed by atoms with Crippen LogP contribution in [-0.4, -0.2) is 21.7 Å². The number of urea groups is 1. The lowest BCUT2D eigenvalue weighted by Crippen LogP contribution is -2.39. The Morgan fingerprint density at radius 3 is 2.79 bits per heavy atom. The number of rotatable bonds is 2. The third kappa shape index (κ3) is 2.56. The average Bonchev–Trinajstić information content (AvgIpc) is 2.49. The van der Waals surface area contributed by atoms with Crippen molar-refractivity contribution in [3.05, 3.63) is 16.9 Å². The Morgan fingerprint density at radius 2 is 2.36 bits per heavy atom. The molecule has 0 bridgehead atoms. The standard InChI is InChI=1S/C7H9BrN4O2/c1-4(6(13)10-7(9)14)12-3-2-5(8)11-12/h2-4H,1H3,(H3,9,10,13,14).